The number of nitrogens with one attached hydrogen (secondary N) is 3. The molecule has 0 aliphatic heterocycles. The van der Waals surface area contributed by atoms with Crippen LogP contribution in [0.3, 0.4) is 0 Å². The van der Waals surface area contributed by atoms with Crippen molar-refractivity contribution in [3.63, 3.8) is 0 Å². The van der Waals surface area contributed by atoms with Gasteiger partial charge in [-0.05, 0) is 51.6 Å². The van der Waals surface area contributed by atoms with Gasteiger partial charge >= 0.3 is 0 Å². The maximum Gasteiger partial charge on any atom is 0.238 e. The number of hydrogen-bond acceptors (Lipinski definition) is 4. The largest absolute Gasteiger partial charge is 0.376 e. The molecule has 3 N–H and O–H groups in total. The fraction of sp³-hybridized carbons (Fsp3) is 0.652. The van der Waals surface area contributed by atoms with Crippen LogP contribution in [-0.4, -0.2) is 63.2 Å². The molecule has 0 atom stereocenters. The van der Waals surface area contributed by atoms with Crippen LogP contribution in [0, 0.1) is 0 Å². The second-order valence-corrected chi connectivity index (χ2v) is 8.09. The third-order valence-electron chi connectivity index (χ3n) is 4.98. The molecule has 30 heavy (non-hydrogen) atoms. The van der Waals surface area contributed by atoms with Crippen LogP contribution in [0.1, 0.15) is 51.0 Å². The minimum atomic E-state index is -0.0238. The van der Waals surface area contributed by atoms with Crippen LogP contribution in [-0.2, 0) is 16.1 Å². The molecule has 0 bridgehead atoms. The molecule has 7 nitrogen and oxygen atoms in total. The minimum absolute atomic E-state index is 0.0238. The maximum atomic E-state index is 12.0. The van der Waals surface area contributed by atoms with Crippen LogP contribution >= 0.6 is 0 Å². The monoisotopic (exact) mass is 417 g/mol. The molecule has 0 unspecified atom stereocenters. The highest BCUT2D eigenvalue weighted by Crippen LogP contribution is 2.19. The van der Waals surface area contributed by atoms with Gasteiger partial charge in [-0.1, -0.05) is 37.8 Å². The smallest absolute Gasteiger partial charge is 0.238 e. The second-order valence-electron chi connectivity index (χ2n) is 8.09. The first-order valence-electron chi connectivity index (χ1n) is 11.2. The summed E-state index contributed by atoms with van der Waals surface area (Å²) in [5.41, 5.74) is 1.84. The fourth-order valence-corrected chi connectivity index (χ4v) is 3.55. The Kier molecular flexibility index (Phi) is 11.3. The Morgan fingerprint density at radius 3 is 2.63 bits per heavy atom. The van der Waals surface area contributed by atoms with Crippen LogP contribution in [0.15, 0.2) is 29.3 Å². The van der Waals surface area contributed by atoms with Gasteiger partial charge in [0.25, 0.3) is 0 Å². The van der Waals surface area contributed by atoms with E-state index in [2.05, 4.69) is 27.9 Å². The zero-order chi connectivity index (χ0) is 21.6. The molecular formula is C23H39N5O2. The van der Waals surface area contributed by atoms with Crippen molar-refractivity contribution in [1.29, 1.82) is 0 Å². The van der Waals surface area contributed by atoms with Crippen molar-refractivity contribution in [1.82, 2.24) is 15.5 Å². The predicted molar refractivity (Wildman–Crippen MR) is 124 cm³/mol. The summed E-state index contributed by atoms with van der Waals surface area (Å²) in [5.74, 6) is 0.758. The van der Waals surface area contributed by atoms with Gasteiger partial charge in [0, 0.05) is 18.8 Å². The first-order valence-corrected chi connectivity index (χ1v) is 11.2. The first kappa shape index (κ1) is 24.2. The Bertz CT molecular complexity index is 655. The lowest BCUT2D eigenvalue weighted by atomic mass is 10.1. The number of nitrogens with zero attached hydrogens (tertiary/aromatic N) is 2. The van der Waals surface area contributed by atoms with E-state index >= 15 is 0 Å². The van der Waals surface area contributed by atoms with Crippen LogP contribution in [0.5, 0.6) is 0 Å². The molecule has 7 heteroatoms. The molecule has 1 aliphatic carbocycles. The average molecular weight is 418 g/mol. The number of aliphatic imine (C=N–C) groups is 1. The summed E-state index contributed by atoms with van der Waals surface area (Å²) in [5, 5.41) is 9.56. The van der Waals surface area contributed by atoms with Crippen LogP contribution in [0.2, 0.25) is 0 Å². The standard InChI is InChI=1S/C23H39N5O2/c1-4-24-23(25-14-15-30-21-12-7-5-6-8-13-21)26-17-19-10-9-11-20(16-19)27-22(29)18-28(2)3/h9-11,16,21H,4-8,12-15,17-18H2,1-3H3,(H,27,29)(H2,24,25,26). The SMILES string of the molecule is CCNC(=NCc1cccc(NC(=O)CN(C)C)c1)NCCOC1CCCCCC1. The molecule has 0 radical (unpaired) electrons. The van der Waals surface area contributed by atoms with Gasteiger partial charge in [-0.15, -0.1) is 0 Å². The van der Waals surface area contributed by atoms with E-state index in [0.29, 0.717) is 25.8 Å². The number of amides is 1. The van der Waals surface area contributed by atoms with Gasteiger partial charge in [0.15, 0.2) is 5.96 Å². The summed E-state index contributed by atoms with van der Waals surface area (Å²) in [6, 6.07) is 7.83. The third-order valence-corrected chi connectivity index (χ3v) is 4.98. The number of ether oxygens (including phenoxy) is 1. The van der Waals surface area contributed by atoms with Crippen molar-refractivity contribution in [3.05, 3.63) is 29.8 Å². The second kappa shape index (κ2) is 14.0. The molecule has 0 heterocycles. The Hall–Kier alpha value is -2.12. The van der Waals surface area contributed by atoms with Crippen molar-refractivity contribution in [3.8, 4) is 0 Å². The Labute approximate surface area is 181 Å². The van der Waals surface area contributed by atoms with E-state index in [1.807, 2.05) is 43.3 Å². The number of anilines is 1. The van der Waals surface area contributed by atoms with Crippen LogP contribution in [0.4, 0.5) is 5.69 Å². The molecule has 1 aromatic rings. The molecule has 0 aromatic heterocycles. The summed E-state index contributed by atoms with van der Waals surface area (Å²) < 4.78 is 6.05. The summed E-state index contributed by atoms with van der Waals surface area (Å²) in [6.45, 7) is 5.19. The third kappa shape index (κ3) is 10.1. The Morgan fingerprint density at radius 1 is 1.17 bits per heavy atom. The number of guanidine groups is 1. The topological polar surface area (TPSA) is 78.0 Å². The molecule has 1 aliphatic rings. The summed E-state index contributed by atoms with van der Waals surface area (Å²) in [4.78, 5) is 18.5. The molecule has 0 spiro atoms. The molecule has 2 rings (SSSR count). The van der Waals surface area contributed by atoms with Crippen LogP contribution < -0.4 is 16.0 Å². The Morgan fingerprint density at radius 2 is 1.93 bits per heavy atom. The highest BCUT2D eigenvalue weighted by atomic mass is 16.5. The van der Waals surface area contributed by atoms with Crippen molar-refractivity contribution in [2.45, 2.75) is 58.1 Å². The lowest BCUT2D eigenvalue weighted by molar-refractivity contribution is -0.116. The maximum absolute atomic E-state index is 12.0. The summed E-state index contributed by atoms with van der Waals surface area (Å²) in [6.07, 6.45) is 8.06. The number of hydrogen-bond donors (Lipinski definition) is 3. The predicted octanol–water partition coefficient (Wildman–Crippen LogP) is 2.98. The van der Waals surface area contributed by atoms with Gasteiger partial charge in [-0.2, -0.15) is 0 Å². The zero-order valence-electron chi connectivity index (χ0n) is 18.9. The Balaban J connectivity index is 1.80. The average Bonchev–Trinajstić information content (AvgIpc) is 2.97. The molecule has 0 saturated heterocycles. The van der Waals surface area contributed by atoms with Crippen molar-refractivity contribution >= 4 is 17.6 Å². The van der Waals surface area contributed by atoms with E-state index in [1.54, 1.807) is 0 Å². The summed E-state index contributed by atoms with van der Waals surface area (Å²) >= 11 is 0. The van der Waals surface area contributed by atoms with E-state index in [4.69, 9.17) is 4.74 Å². The molecule has 1 fully saturated rings. The van der Waals surface area contributed by atoms with Gasteiger partial charge in [0.05, 0.1) is 25.8 Å². The molecule has 1 aromatic carbocycles. The first-order chi connectivity index (χ1) is 14.6. The number of rotatable bonds is 10. The normalized spacial score (nSPS) is 15.7. The van der Waals surface area contributed by atoms with Crippen molar-refractivity contribution < 1.29 is 9.53 Å². The van der Waals surface area contributed by atoms with E-state index < -0.39 is 0 Å². The highest BCUT2D eigenvalue weighted by Gasteiger charge is 2.12. The number of carbonyl (C=O) groups excluding carboxylic acids is 1. The van der Waals surface area contributed by atoms with Crippen LogP contribution in [0.25, 0.3) is 0 Å². The van der Waals surface area contributed by atoms with Gasteiger partial charge in [0.1, 0.15) is 0 Å². The van der Waals surface area contributed by atoms with Crippen molar-refractivity contribution in [2.75, 3.05) is 45.7 Å². The molecule has 168 valence electrons. The van der Waals surface area contributed by atoms with Gasteiger partial charge in [-0.3, -0.25) is 4.79 Å². The number of benzene rings is 1. The number of carbonyl (C=O) groups is 1. The highest BCUT2D eigenvalue weighted by molar-refractivity contribution is 5.92. The summed E-state index contributed by atoms with van der Waals surface area (Å²) in [7, 11) is 3.75. The van der Waals surface area contributed by atoms with Gasteiger partial charge in [0.2, 0.25) is 5.91 Å². The molecule has 1 saturated carbocycles. The quantitative estimate of drug-likeness (QED) is 0.236. The lowest BCUT2D eigenvalue weighted by Crippen LogP contribution is -2.39. The van der Waals surface area contributed by atoms with E-state index in [1.165, 1.54) is 38.5 Å². The molecule has 1 amide bonds. The van der Waals surface area contributed by atoms with E-state index in [9.17, 15) is 4.79 Å². The van der Waals surface area contributed by atoms with E-state index in [-0.39, 0.29) is 5.91 Å². The van der Waals surface area contributed by atoms with Crippen molar-refractivity contribution in [2.24, 2.45) is 4.99 Å². The zero-order valence-corrected chi connectivity index (χ0v) is 18.9. The lowest BCUT2D eigenvalue weighted by Gasteiger charge is -2.16. The minimum Gasteiger partial charge on any atom is -0.376 e. The number of likely N-dealkylation sites (N-methyl/N-ethyl adjacent to an activating group) is 1. The molecular weight excluding hydrogens is 378 g/mol. The van der Waals surface area contributed by atoms with Gasteiger partial charge in [-0.25, -0.2) is 4.99 Å². The van der Waals surface area contributed by atoms with Gasteiger partial charge < -0.3 is 25.6 Å². The van der Waals surface area contributed by atoms with E-state index in [0.717, 1.165) is 30.3 Å². The fourth-order valence-electron chi connectivity index (χ4n) is 3.55.